The number of benzene rings is 2. The highest BCUT2D eigenvalue weighted by atomic mass is 32.2. The molecule has 0 saturated carbocycles. The molecule has 1 aliphatic heterocycles. The molecular formula is C19H22N2O4S. The molecule has 2 aromatic carbocycles. The van der Waals surface area contributed by atoms with Gasteiger partial charge in [0.15, 0.2) is 5.75 Å². The molecule has 0 spiro atoms. The molecule has 0 aromatic heterocycles. The summed E-state index contributed by atoms with van der Waals surface area (Å²) in [6.07, 6.45) is 1.20. The van der Waals surface area contributed by atoms with Crippen LogP contribution in [-0.2, 0) is 14.8 Å². The van der Waals surface area contributed by atoms with E-state index in [9.17, 15) is 13.2 Å². The number of hydrogen-bond donors (Lipinski definition) is 1. The highest BCUT2D eigenvalue weighted by Gasteiger charge is 2.37. The summed E-state index contributed by atoms with van der Waals surface area (Å²) in [7, 11) is -3.40. The average molecular weight is 374 g/mol. The Balaban J connectivity index is 1.78. The number of hydrogen-bond acceptors (Lipinski definition) is 4. The largest absolute Gasteiger partial charge is 0.455 e. The summed E-state index contributed by atoms with van der Waals surface area (Å²) >= 11 is 0. The van der Waals surface area contributed by atoms with Crippen LogP contribution in [0.2, 0.25) is 0 Å². The number of nitrogens with one attached hydrogen (secondary N) is 1. The molecule has 1 amide bonds. The fraction of sp³-hybridized carbons (Fsp3) is 0.316. The van der Waals surface area contributed by atoms with Crippen LogP contribution in [-0.4, -0.2) is 37.0 Å². The number of ether oxygens (including phenoxy) is 1. The van der Waals surface area contributed by atoms with E-state index >= 15 is 0 Å². The van der Waals surface area contributed by atoms with Crippen LogP contribution in [0.5, 0.6) is 11.5 Å². The van der Waals surface area contributed by atoms with Gasteiger partial charge in [-0.2, -0.15) is 4.31 Å². The van der Waals surface area contributed by atoms with E-state index < -0.39 is 16.1 Å². The second kappa shape index (κ2) is 7.88. The van der Waals surface area contributed by atoms with Crippen molar-refractivity contribution in [3.8, 4) is 11.5 Å². The molecule has 7 heteroatoms. The smallest absolute Gasteiger partial charge is 0.242 e. The van der Waals surface area contributed by atoms with Crippen molar-refractivity contribution in [3.05, 3.63) is 54.6 Å². The molecule has 2 aromatic rings. The van der Waals surface area contributed by atoms with Crippen molar-refractivity contribution >= 4 is 21.6 Å². The van der Waals surface area contributed by atoms with Crippen LogP contribution in [0.1, 0.15) is 19.8 Å². The number of nitrogens with zero attached hydrogens (tertiary/aromatic N) is 1. The van der Waals surface area contributed by atoms with E-state index in [2.05, 4.69) is 5.32 Å². The van der Waals surface area contributed by atoms with Crippen molar-refractivity contribution in [3.63, 3.8) is 0 Å². The third-order valence-electron chi connectivity index (χ3n) is 4.34. The van der Waals surface area contributed by atoms with Gasteiger partial charge in [-0.3, -0.25) is 4.79 Å². The number of carbonyl (C=O) groups excluding carboxylic acids is 1. The van der Waals surface area contributed by atoms with Crippen LogP contribution in [0.15, 0.2) is 54.6 Å². The van der Waals surface area contributed by atoms with E-state index in [4.69, 9.17) is 4.74 Å². The van der Waals surface area contributed by atoms with E-state index in [1.54, 1.807) is 25.1 Å². The molecule has 0 bridgehead atoms. The number of para-hydroxylation sites is 3. The van der Waals surface area contributed by atoms with Crippen molar-refractivity contribution < 1.29 is 17.9 Å². The summed E-state index contributed by atoms with van der Waals surface area (Å²) in [6, 6.07) is 15.7. The maximum Gasteiger partial charge on any atom is 0.242 e. The molecular weight excluding hydrogens is 352 g/mol. The van der Waals surface area contributed by atoms with Gasteiger partial charge >= 0.3 is 0 Å². The van der Waals surface area contributed by atoms with Crippen LogP contribution in [0.4, 0.5) is 5.69 Å². The zero-order valence-corrected chi connectivity index (χ0v) is 15.4. The van der Waals surface area contributed by atoms with Gasteiger partial charge in [0, 0.05) is 6.54 Å². The van der Waals surface area contributed by atoms with Gasteiger partial charge < -0.3 is 10.1 Å². The van der Waals surface area contributed by atoms with E-state index in [1.165, 1.54) is 4.31 Å². The lowest BCUT2D eigenvalue weighted by Gasteiger charge is -2.23. The summed E-state index contributed by atoms with van der Waals surface area (Å²) in [6.45, 7) is 1.97. The molecule has 3 rings (SSSR count). The number of carbonyl (C=O) groups is 1. The summed E-state index contributed by atoms with van der Waals surface area (Å²) in [5.74, 6) is 0.827. The van der Waals surface area contributed by atoms with Crippen molar-refractivity contribution in [1.29, 1.82) is 0 Å². The van der Waals surface area contributed by atoms with Gasteiger partial charge in [0.05, 0.1) is 11.4 Å². The molecule has 0 radical (unpaired) electrons. The highest BCUT2D eigenvalue weighted by Crippen LogP contribution is 2.30. The first-order valence-electron chi connectivity index (χ1n) is 8.63. The van der Waals surface area contributed by atoms with Gasteiger partial charge in [-0.25, -0.2) is 8.42 Å². The van der Waals surface area contributed by atoms with Crippen molar-refractivity contribution in [2.24, 2.45) is 0 Å². The fourth-order valence-corrected chi connectivity index (χ4v) is 4.32. The van der Waals surface area contributed by atoms with Gasteiger partial charge in [-0.05, 0) is 44.0 Å². The maximum absolute atomic E-state index is 12.7. The lowest BCUT2D eigenvalue weighted by atomic mass is 10.2. The third kappa shape index (κ3) is 4.05. The summed E-state index contributed by atoms with van der Waals surface area (Å²) in [5.41, 5.74) is 0.516. The van der Waals surface area contributed by atoms with Gasteiger partial charge in [0.25, 0.3) is 0 Å². The van der Waals surface area contributed by atoms with E-state index in [-0.39, 0.29) is 11.7 Å². The minimum atomic E-state index is -3.40. The molecule has 1 heterocycles. The number of rotatable bonds is 6. The Morgan fingerprint density at radius 2 is 1.85 bits per heavy atom. The zero-order valence-electron chi connectivity index (χ0n) is 14.6. The van der Waals surface area contributed by atoms with Gasteiger partial charge in [-0.15, -0.1) is 0 Å². The minimum absolute atomic E-state index is 0.00944. The van der Waals surface area contributed by atoms with E-state index in [0.29, 0.717) is 36.6 Å². The third-order valence-corrected chi connectivity index (χ3v) is 6.23. The lowest BCUT2D eigenvalue weighted by Crippen LogP contribution is -2.43. The van der Waals surface area contributed by atoms with Crippen LogP contribution in [0.25, 0.3) is 0 Å². The SMILES string of the molecule is CCS(=O)(=O)N1CCC[C@H]1C(=O)Nc1ccccc1Oc1ccccc1. The van der Waals surface area contributed by atoms with Crippen LogP contribution < -0.4 is 10.1 Å². The Morgan fingerprint density at radius 1 is 1.15 bits per heavy atom. The molecule has 6 nitrogen and oxygen atoms in total. The molecule has 1 fully saturated rings. The molecule has 1 saturated heterocycles. The Bertz CT molecular complexity index is 868. The Hall–Kier alpha value is -2.38. The van der Waals surface area contributed by atoms with Gasteiger partial charge in [0.1, 0.15) is 11.8 Å². The second-order valence-corrected chi connectivity index (χ2v) is 8.28. The molecule has 26 heavy (non-hydrogen) atoms. The van der Waals surface area contributed by atoms with Crippen molar-refractivity contribution in [2.45, 2.75) is 25.8 Å². The quantitative estimate of drug-likeness (QED) is 0.842. The van der Waals surface area contributed by atoms with Crippen molar-refractivity contribution in [1.82, 2.24) is 4.31 Å². The zero-order chi connectivity index (χ0) is 18.6. The average Bonchev–Trinajstić information content (AvgIpc) is 3.15. The van der Waals surface area contributed by atoms with Crippen LogP contribution in [0.3, 0.4) is 0 Å². The monoisotopic (exact) mass is 374 g/mol. The predicted molar refractivity (Wildman–Crippen MR) is 101 cm³/mol. The summed E-state index contributed by atoms with van der Waals surface area (Å²) < 4.78 is 31.5. The van der Waals surface area contributed by atoms with Crippen LogP contribution >= 0.6 is 0 Å². The summed E-state index contributed by atoms with van der Waals surface area (Å²) in [5, 5.41) is 2.83. The Morgan fingerprint density at radius 3 is 2.58 bits per heavy atom. The molecule has 0 unspecified atom stereocenters. The fourth-order valence-electron chi connectivity index (χ4n) is 2.99. The van der Waals surface area contributed by atoms with Crippen LogP contribution in [0, 0.1) is 0 Å². The molecule has 1 N–H and O–H groups in total. The standard InChI is InChI=1S/C19H22N2O4S/c1-2-26(23,24)21-14-8-12-17(21)19(22)20-16-11-6-7-13-18(16)25-15-9-4-3-5-10-15/h3-7,9-11,13,17H,2,8,12,14H2,1H3,(H,20,22)/t17-/m0/s1. The van der Waals surface area contributed by atoms with Gasteiger partial charge in [0.2, 0.25) is 15.9 Å². The topological polar surface area (TPSA) is 75.7 Å². The Labute approximate surface area is 153 Å². The first kappa shape index (κ1) is 18.4. The minimum Gasteiger partial charge on any atom is -0.455 e. The lowest BCUT2D eigenvalue weighted by molar-refractivity contribution is -0.119. The first-order valence-corrected chi connectivity index (χ1v) is 10.2. The second-order valence-electron chi connectivity index (χ2n) is 6.07. The molecule has 138 valence electrons. The molecule has 1 atom stereocenters. The van der Waals surface area contributed by atoms with Crippen molar-refractivity contribution in [2.75, 3.05) is 17.6 Å². The Kier molecular flexibility index (Phi) is 5.58. The van der Waals surface area contributed by atoms with E-state index in [1.807, 2.05) is 36.4 Å². The molecule has 1 aliphatic rings. The maximum atomic E-state index is 12.7. The molecule has 0 aliphatic carbocycles. The summed E-state index contributed by atoms with van der Waals surface area (Å²) in [4.78, 5) is 12.7. The van der Waals surface area contributed by atoms with Gasteiger partial charge in [-0.1, -0.05) is 30.3 Å². The van der Waals surface area contributed by atoms with E-state index in [0.717, 1.165) is 0 Å². The number of sulfonamides is 1. The normalized spacial score (nSPS) is 17.8. The number of anilines is 1. The highest BCUT2D eigenvalue weighted by molar-refractivity contribution is 7.89. The number of amides is 1. The first-order chi connectivity index (χ1) is 12.5. The predicted octanol–water partition coefficient (Wildman–Crippen LogP) is 3.23.